The second kappa shape index (κ2) is 13.4. The van der Waals surface area contributed by atoms with Gasteiger partial charge in [-0.1, -0.05) is 24.3 Å². The third kappa shape index (κ3) is 6.75. The van der Waals surface area contributed by atoms with E-state index in [9.17, 15) is 10.1 Å². The molecule has 45 heavy (non-hydrogen) atoms. The highest BCUT2D eigenvalue weighted by Gasteiger charge is 2.24. The maximum absolute atomic E-state index is 11.5. The third-order valence-corrected chi connectivity index (χ3v) is 6.65. The number of benzene rings is 1. The van der Waals surface area contributed by atoms with Gasteiger partial charge in [0, 0.05) is 12.6 Å². The average molecular weight is 606 g/mol. The smallest absolute Gasteiger partial charge is 0.330 e. The number of rotatable bonds is 12. The lowest BCUT2D eigenvalue weighted by atomic mass is 10.0. The van der Waals surface area contributed by atoms with Gasteiger partial charge in [-0.15, -0.1) is 15.3 Å². The predicted octanol–water partition coefficient (Wildman–Crippen LogP) is 5.63. The summed E-state index contributed by atoms with van der Waals surface area (Å²) in [6.45, 7) is 11.9. The van der Waals surface area contributed by atoms with E-state index in [1.165, 1.54) is 17.2 Å². The number of hydrogen-bond donors (Lipinski definition) is 3. The number of aromatic amines is 2. The number of azo groups is 1. The molecule has 5 rings (SSSR count). The number of anilines is 4. The van der Waals surface area contributed by atoms with E-state index in [4.69, 9.17) is 14.7 Å². The Labute approximate surface area is 258 Å². The van der Waals surface area contributed by atoms with Crippen LogP contribution in [0.1, 0.15) is 34.4 Å². The van der Waals surface area contributed by atoms with Crippen LogP contribution in [0.25, 0.3) is 5.82 Å². The van der Waals surface area contributed by atoms with Crippen molar-refractivity contribution < 1.29 is 9.53 Å². The Hall–Kier alpha value is -6.17. The van der Waals surface area contributed by atoms with E-state index in [1.54, 1.807) is 25.6 Å². The highest BCUT2D eigenvalue weighted by molar-refractivity contribution is 5.81. The van der Waals surface area contributed by atoms with Gasteiger partial charge in [0.25, 0.3) is 0 Å². The Morgan fingerprint density at radius 3 is 2.56 bits per heavy atom. The van der Waals surface area contributed by atoms with E-state index < -0.39 is 5.97 Å². The number of hydrogen-bond acceptors (Lipinski definition) is 12. The van der Waals surface area contributed by atoms with Crippen LogP contribution >= 0.6 is 0 Å². The largest absolute Gasteiger partial charge is 0.462 e. The van der Waals surface area contributed by atoms with Crippen LogP contribution in [0, 0.1) is 39.0 Å². The minimum atomic E-state index is -0.494. The number of aryl methyl sites for hydroxylation is 4. The van der Waals surface area contributed by atoms with E-state index >= 15 is 0 Å². The SMILES string of the molecule is C=CC(=O)OCCCNc1nc(N(c2cnc[nH]2)c2c(C)cc(C)cc2C)nc(C)c1N=Nc1nn(-c2cnc[nH]2)cc1C#N. The van der Waals surface area contributed by atoms with Crippen LogP contribution in [0.3, 0.4) is 0 Å². The Balaban J connectivity index is 1.56. The molecule has 4 heterocycles. The topological polar surface area (TPSA) is 191 Å². The summed E-state index contributed by atoms with van der Waals surface area (Å²) in [6, 6.07) is 6.29. The standard InChI is InChI=1S/C30H31N13O2/c1-6-25(44)45-9-7-8-34-29-26(39-40-28-22(12-31)15-42(41-28)23-13-32-16-35-23)21(5)37-30(38-29)43(24-14-33-17-36-24)27-19(3)10-18(2)11-20(27)4/h6,10-11,13-17H,1,7-9H2,2-5H3,(H,32,35)(H,33,36)(H,34,37,38). The Morgan fingerprint density at radius 2 is 1.89 bits per heavy atom. The molecule has 0 aliphatic carbocycles. The predicted molar refractivity (Wildman–Crippen MR) is 167 cm³/mol. The van der Waals surface area contributed by atoms with Crippen LogP contribution in [0.15, 0.2) is 66.3 Å². The van der Waals surface area contributed by atoms with Gasteiger partial charge in [0.2, 0.25) is 11.8 Å². The summed E-state index contributed by atoms with van der Waals surface area (Å²) in [5.41, 5.74) is 5.19. The molecule has 0 amide bonds. The monoisotopic (exact) mass is 605 g/mol. The molecule has 1 aromatic carbocycles. The van der Waals surface area contributed by atoms with E-state index in [2.05, 4.69) is 72.3 Å². The Bertz CT molecular complexity index is 1860. The molecule has 5 aromatic rings. The number of nitriles is 1. The average Bonchev–Trinajstić information content (AvgIpc) is 3.80. The van der Waals surface area contributed by atoms with Crippen molar-refractivity contribution in [2.24, 2.45) is 10.2 Å². The van der Waals surface area contributed by atoms with Crippen LogP contribution in [-0.4, -0.2) is 58.8 Å². The summed E-state index contributed by atoms with van der Waals surface area (Å²) in [4.78, 5) is 37.5. The molecule has 15 heteroatoms. The van der Waals surface area contributed by atoms with Gasteiger partial charge in [-0.2, -0.15) is 10.2 Å². The molecule has 15 nitrogen and oxygen atoms in total. The van der Waals surface area contributed by atoms with Crippen LogP contribution in [-0.2, 0) is 9.53 Å². The lowest BCUT2D eigenvalue weighted by Gasteiger charge is -2.26. The molecule has 3 N–H and O–H groups in total. The van der Waals surface area contributed by atoms with Crippen molar-refractivity contribution in [1.29, 1.82) is 5.26 Å². The van der Waals surface area contributed by atoms with Crippen molar-refractivity contribution in [1.82, 2.24) is 39.7 Å². The van der Waals surface area contributed by atoms with E-state index in [0.29, 0.717) is 47.7 Å². The number of ether oxygens (including phenoxy) is 1. The summed E-state index contributed by atoms with van der Waals surface area (Å²) >= 11 is 0. The number of carbonyl (C=O) groups excluding carboxylic acids is 1. The van der Waals surface area contributed by atoms with Gasteiger partial charge < -0.3 is 20.0 Å². The summed E-state index contributed by atoms with van der Waals surface area (Å²) in [6.07, 6.45) is 9.52. The molecule has 228 valence electrons. The van der Waals surface area contributed by atoms with E-state index in [-0.39, 0.29) is 18.0 Å². The van der Waals surface area contributed by atoms with Crippen molar-refractivity contribution in [3.05, 3.63) is 84.0 Å². The second-order valence-corrected chi connectivity index (χ2v) is 10.0. The second-order valence-electron chi connectivity index (χ2n) is 10.0. The summed E-state index contributed by atoms with van der Waals surface area (Å²) in [5.74, 6) is 1.61. The molecular weight excluding hydrogens is 574 g/mol. The highest BCUT2D eigenvalue weighted by Crippen LogP contribution is 2.39. The molecule has 0 unspecified atom stereocenters. The number of H-pyrrole nitrogens is 2. The van der Waals surface area contributed by atoms with Crippen LogP contribution < -0.4 is 10.2 Å². The Morgan fingerprint density at radius 1 is 1.13 bits per heavy atom. The normalized spacial score (nSPS) is 11.0. The highest BCUT2D eigenvalue weighted by atomic mass is 16.5. The number of carbonyl (C=O) groups is 1. The summed E-state index contributed by atoms with van der Waals surface area (Å²) in [7, 11) is 0. The Kier molecular flexibility index (Phi) is 9.04. The van der Waals surface area contributed by atoms with Gasteiger partial charge in [-0.3, -0.25) is 4.90 Å². The first-order chi connectivity index (χ1) is 21.8. The molecule has 0 fully saturated rings. The molecule has 0 saturated carbocycles. The van der Waals surface area contributed by atoms with Crippen LogP contribution in [0.2, 0.25) is 0 Å². The minimum absolute atomic E-state index is 0.114. The number of aromatic nitrogens is 8. The molecule has 0 atom stereocenters. The number of esters is 1. The van der Waals surface area contributed by atoms with Crippen molar-refractivity contribution in [3.63, 3.8) is 0 Å². The van der Waals surface area contributed by atoms with Gasteiger partial charge in [0.05, 0.1) is 49.2 Å². The fourth-order valence-corrected chi connectivity index (χ4v) is 4.74. The zero-order valence-corrected chi connectivity index (χ0v) is 25.2. The van der Waals surface area contributed by atoms with Gasteiger partial charge in [0.1, 0.15) is 23.1 Å². The first-order valence-corrected chi connectivity index (χ1v) is 14.0. The lowest BCUT2D eigenvalue weighted by Crippen LogP contribution is -2.18. The molecule has 4 aromatic heterocycles. The molecular formula is C30H31N13O2. The first kappa shape index (κ1) is 30.3. The fourth-order valence-electron chi connectivity index (χ4n) is 4.74. The van der Waals surface area contributed by atoms with Crippen molar-refractivity contribution in [3.8, 4) is 11.9 Å². The fraction of sp³-hybridized carbons (Fsp3) is 0.233. The van der Waals surface area contributed by atoms with Crippen LogP contribution in [0.4, 0.5) is 34.8 Å². The third-order valence-electron chi connectivity index (χ3n) is 6.65. The van der Waals surface area contributed by atoms with E-state index in [0.717, 1.165) is 28.5 Å². The van der Waals surface area contributed by atoms with Gasteiger partial charge in [-0.05, 0) is 45.2 Å². The molecule has 0 aliphatic heterocycles. The lowest BCUT2D eigenvalue weighted by molar-refractivity contribution is -0.137. The van der Waals surface area contributed by atoms with Gasteiger partial charge >= 0.3 is 5.97 Å². The maximum Gasteiger partial charge on any atom is 0.330 e. The molecule has 0 spiro atoms. The first-order valence-electron chi connectivity index (χ1n) is 14.0. The maximum atomic E-state index is 11.5. The van der Waals surface area contributed by atoms with Gasteiger partial charge in [-0.25, -0.2) is 24.4 Å². The number of imidazole rings is 2. The molecule has 0 saturated heterocycles. The van der Waals surface area contributed by atoms with Crippen molar-refractivity contribution >= 4 is 40.7 Å². The van der Waals surface area contributed by atoms with Crippen LogP contribution in [0.5, 0.6) is 0 Å². The number of nitrogens with one attached hydrogen (secondary N) is 3. The van der Waals surface area contributed by atoms with Crippen molar-refractivity contribution in [2.45, 2.75) is 34.1 Å². The zero-order valence-electron chi connectivity index (χ0n) is 25.2. The summed E-state index contributed by atoms with van der Waals surface area (Å²) in [5, 5.41) is 26.1. The van der Waals surface area contributed by atoms with Crippen molar-refractivity contribution in [2.75, 3.05) is 23.4 Å². The molecule has 0 aliphatic rings. The van der Waals surface area contributed by atoms with Gasteiger partial charge in [0.15, 0.2) is 11.6 Å². The quantitative estimate of drug-likeness (QED) is 0.0695. The number of nitrogens with zero attached hydrogens (tertiary/aromatic N) is 10. The zero-order chi connectivity index (χ0) is 31.9. The van der Waals surface area contributed by atoms with E-state index in [1.807, 2.05) is 18.7 Å². The minimum Gasteiger partial charge on any atom is -0.462 e. The summed E-state index contributed by atoms with van der Waals surface area (Å²) < 4.78 is 6.58. The molecule has 0 radical (unpaired) electrons. The molecule has 0 bridgehead atoms.